The molecular formula is C22H29NO2. The smallest absolute Gasteiger partial charge is 0.260 e. The van der Waals surface area contributed by atoms with Crippen LogP contribution in [0.3, 0.4) is 0 Å². The maximum atomic E-state index is 12.1. The minimum absolute atomic E-state index is 0.0734. The van der Waals surface area contributed by atoms with Crippen molar-refractivity contribution in [1.29, 1.82) is 0 Å². The van der Waals surface area contributed by atoms with Crippen molar-refractivity contribution in [2.75, 3.05) is 6.54 Å². The van der Waals surface area contributed by atoms with Crippen molar-refractivity contribution in [3.8, 4) is 5.75 Å². The molecule has 25 heavy (non-hydrogen) atoms. The predicted molar refractivity (Wildman–Crippen MR) is 103 cm³/mol. The van der Waals surface area contributed by atoms with E-state index in [4.69, 9.17) is 4.74 Å². The van der Waals surface area contributed by atoms with Gasteiger partial charge in [-0.2, -0.15) is 0 Å². The molecule has 0 aliphatic carbocycles. The van der Waals surface area contributed by atoms with Gasteiger partial charge in [-0.15, -0.1) is 0 Å². The van der Waals surface area contributed by atoms with E-state index in [1.807, 2.05) is 31.2 Å². The van der Waals surface area contributed by atoms with Crippen LogP contribution in [-0.2, 0) is 11.2 Å². The van der Waals surface area contributed by atoms with Crippen LogP contribution < -0.4 is 10.1 Å². The lowest BCUT2D eigenvalue weighted by molar-refractivity contribution is -0.127. The number of carbonyl (C=O) groups is 1. The van der Waals surface area contributed by atoms with E-state index in [1.54, 1.807) is 6.92 Å². The van der Waals surface area contributed by atoms with Gasteiger partial charge in [-0.3, -0.25) is 4.79 Å². The van der Waals surface area contributed by atoms with Crippen LogP contribution in [-0.4, -0.2) is 18.6 Å². The third kappa shape index (κ3) is 6.26. The molecule has 2 rings (SSSR count). The lowest BCUT2D eigenvalue weighted by atomic mass is 10.0. The normalized spacial score (nSPS) is 12.0. The summed E-state index contributed by atoms with van der Waals surface area (Å²) < 4.78 is 5.67. The van der Waals surface area contributed by atoms with Gasteiger partial charge >= 0.3 is 0 Å². The topological polar surface area (TPSA) is 38.3 Å². The SMILES string of the molecule is Cc1ccc(O[C@@H](C)C(=O)NCCCc2ccc(C(C)C)cc2)cc1. The van der Waals surface area contributed by atoms with Crippen molar-refractivity contribution >= 4 is 5.91 Å². The van der Waals surface area contributed by atoms with Crippen molar-refractivity contribution in [3.63, 3.8) is 0 Å². The van der Waals surface area contributed by atoms with E-state index in [0.717, 1.165) is 18.6 Å². The van der Waals surface area contributed by atoms with Gasteiger partial charge in [0.05, 0.1) is 0 Å². The Balaban J connectivity index is 1.69. The monoisotopic (exact) mass is 339 g/mol. The third-order valence-corrected chi connectivity index (χ3v) is 4.29. The molecular weight excluding hydrogens is 310 g/mol. The van der Waals surface area contributed by atoms with Crippen LogP contribution in [0.25, 0.3) is 0 Å². The predicted octanol–water partition coefficient (Wildman–Crippen LogP) is 4.63. The van der Waals surface area contributed by atoms with Gasteiger partial charge in [-0.25, -0.2) is 0 Å². The molecule has 1 amide bonds. The Hall–Kier alpha value is -2.29. The molecule has 0 fully saturated rings. The van der Waals surface area contributed by atoms with E-state index in [-0.39, 0.29) is 5.91 Å². The number of amides is 1. The van der Waals surface area contributed by atoms with Gasteiger partial charge in [-0.1, -0.05) is 55.8 Å². The maximum Gasteiger partial charge on any atom is 0.260 e. The molecule has 0 saturated carbocycles. The number of ether oxygens (including phenoxy) is 1. The van der Waals surface area contributed by atoms with Crippen LogP contribution in [0.1, 0.15) is 49.8 Å². The summed E-state index contributed by atoms with van der Waals surface area (Å²) in [6.07, 6.45) is 1.39. The number of aryl methyl sites for hydroxylation is 2. The van der Waals surface area contributed by atoms with Crippen LogP contribution >= 0.6 is 0 Å². The Labute approximate surface area is 151 Å². The van der Waals surface area contributed by atoms with Crippen molar-refractivity contribution < 1.29 is 9.53 Å². The summed E-state index contributed by atoms with van der Waals surface area (Å²) in [7, 11) is 0. The van der Waals surface area contributed by atoms with E-state index in [9.17, 15) is 4.79 Å². The summed E-state index contributed by atoms with van der Waals surface area (Å²) >= 11 is 0. The molecule has 0 heterocycles. The number of hydrogen-bond donors (Lipinski definition) is 1. The minimum Gasteiger partial charge on any atom is -0.481 e. The second-order valence-corrected chi connectivity index (χ2v) is 6.86. The van der Waals surface area contributed by atoms with Crippen LogP contribution in [0.4, 0.5) is 0 Å². The highest BCUT2D eigenvalue weighted by Gasteiger charge is 2.13. The van der Waals surface area contributed by atoms with E-state index >= 15 is 0 Å². The summed E-state index contributed by atoms with van der Waals surface area (Å²) in [5, 5.41) is 2.95. The fourth-order valence-electron chi connectivity index (χ4n) is 2.59. The van der Waals surface area contributed by atoms with Gasteiger partial charge in [-0.05, 0) is 55.9 Å². The fourth-order valence-corrected chi connectivity index (χ4v) is 2.59. The maximum absolute atomic E-state index is 12.1. The Morgan fingerprint density at radius 2 is 1.64 bits per heavy atom. The first-order valence-electron chi connectivity index (χ1n) is 9.05. The lowest BCUT2D eigenvalue weighted by Gasteiger charge is -2.15. The second-order valence-electron chi connectivity index (χ2n) is 6.86. The number of hydrogen-bond acceptors (Lipinski definition) is 2. The first kappa shape index (κ1) is 19.0. The molecule has 2 aromatic carbocycles. The lowest BCUT2D eigenvalue weighted by Crippen LogP contribution is -2.36. The van der Waals surface area contributed by atoms with E-state index in [1.165, 1.54) is 16.7 Å². The van der Waals surface area contributed by atoms with Crippen molar-refractivity contribution in [1.82, 2.24) is 5.32 Å². The quantitative estimate of drug-likeness (QED) is 0.712. The Bertz CT molecular complexity index is 659. The number of carbonyl (C=O) groups excluding carboxylic acids is 1. The average molecular weight is 339 g/mol. The molecule has 0 aliphatic rings. The summed E-state index contributed by atoms with van der Waals surface area (Å²) in [6.45, 7) is 8.86. The van der Waals surface area contributed by atoms with E-state index < -0.39 is 6.10 Å². The molecule has 0 spiro atoms. The number of rotatable bonds is 8. The molecule has 1 atom stereocenters. The minimum atomic E-state index is -0.493. The van der Waals surface area contributed by atoms with Crippen molar-refractivity contribution in [3.05, 3.63) is 65.2 Å². The number of nitrogens with one attached hydrogen (secondary N) is 1. The van der Waals surface area contributed by atoms with Gasteiger partial charge < -0.3 is 10.1 Å². The summed E-state index contributed by atoms with van der Waals surface area (Å²) in [4.78, 5) is 12.1. The van der Waals surface area contributed by atoms with Crippen LogP contribution in [0, 0.1) is 6.92 Å². The summed E-state index contributed by atoms with van der Waals surface area (Å²) in [6, 6.07) is 16.5. The molecule has 3 nitrogen and oxygen atoms in total. The van der Waals surface area contributed by atoms with Gasteiger partial charge in [0.25, 0.3) is 5.91 Å². The summed E-state index contributed by atoms with van der Waals surface area (Å²) in [5.41, 5.74) is 3.84. The molecule has 134 valence electrons. The summed E-state index contributed by atoms with van der Waals surface area (Å²) in [5.74, 6) is 1.21. The average Bonchev–Trinajstić information content (AvgIpc) is 2.60. The zero-order chi connectivity index (χ0) is 18.2. The Kier molecular flexibility index (Phi) is 7.05. The molecule has 2 aromatic rings. The molecule has 0 saturated heterocycles. The Morgan fingerprint density at radius 1 is 1.00 bits per heavy atom. The first-order chi connectivity index (χ1) is 12.0. The van der Waals surface area contributed by atoms with Crippen molar-refractivity contribution in [2.24, 2.45) is 0 Å². The highest BCUT2D eigenvalue weighted by Crippen LogP contribution is 2.15. The molecule has 3 heteroatoms. The van der Waals surface area contributed by atoms with Crippen LogP contribution in [0.5, 0.6) is 5.75 Å². The van der Waals surface area contributed by atoms with Crippen LogP contribution in [0.15, 0.2) is 48.5 Å². The molecule has 0 aliphatic heterocycles. The highest BCUT2D eigenvalue weighted by molar-refractivity contribution is 5.80. The molecule has 0 bridgehead atoms. The van der Waals surface area contributed by atoms with E-state index in [0.29, 0.717) is 12.5 Å². The molecule has 1 N–H and O–H groups in total. The standard InChI is InChI=1S/C22H29NO2/c1-16(2)20-11-9-19(10-12-20)6-5-15-23-22(24)18(4)25-21-13-7-17(3)8-14-21/h7-14,16,18H,5-6,15H2,1-4H3,(H,23,24)/t18-/m0/s1. The first-order valence-corrected chi connectivity index (χ1v) is 9.05. The highest BCUT2D eigenvalue weighted by atomic mass is 16.5. The third-order valence-electron chi connectivity index (χ3n) is 4.29. The van der Waals surface area contributed by atoms with Crippen LogP contribution in [0.2, 0.25) is 0 Å². The Morgan fingerprint density at radius 3 is 2.24 bits per heavy atom. The fraction of sp³-hybridized carbons (Fsp3) is 0.409. The van der Waals surface area contributed by atoms with E-state index in [2.05, 4.69) is 43.4 Å². The largest absolute Gasteiger partial charge is 0.481 e. The number of benzene rings is 2. The van der Waals surface area contributed by atoms with Gasteiger partial charge in [0.15, 0.2) is 6.10 Å². The molecule has 0 radical (unpaired) electrons. The zero-order valence-electron chi connectivity index (χ0n) is 15.7. The molecule has 0 unspecified atom stereocenters. The van der Waals surface area contributed by atoms with Crippen molar-refractivity contribution in [2.45, 2.75) is 52.6 Å². The van der Waals surface area contributed by atoms with Gasteiger partial charge in [0, 0.05) is 6.54 Å². The second kappa shape index (κ2) is 9.26. The van der Waals surface area contributed by atoms with Gasteiger partial charge in [0.1, 0.15) is 5.75 Å². The zero-order valence-corrected chi connectivity index (χ0v) is 15.7. The molecule has 0 aromatic heterocycles. The van der Waals surface area contributed by atoms with Gasteiger partial charge in [0.2, 0.25) is 0 Å².